The minimum atomic E-state index is -4.18. The van der Waals surface area contributed by atoms with E-state index in [0.29, 0.717) is 25.9 Å². The molecule has 2 fully saturated rings. The molecule has 1 aromatic rings. The minimum absolute atomic E-state index is 0.0240. The number of carbonyl (C=O) groups excluding carboxylic acids is 1. The number of carboxylic acids is 1. The zero-order valence-electron chi connectivity index (χ0n) is 14.1. The number of rotatable bonds is 4. The number of sulfone groups is 1. The summed E-state index contributed by atoms with van der Waals surface area (Å²) in [6.07, 6.45) is 3.49. The fraction of sp³-hybridized carbons (Fsp3) is 0.556. The summed E-state index contributed by atoms with van der Waals surface area (Å²) in [5, 5.41) is 9.93. The molecule has 7 heteroatoms. The molecule has 1 aliphatic heterocycles. The van der Waals surface area contributed by atoms with Crippen molar-refractivity contribution >= 4 is 21.7 Å². The van der Waals surface area contributed by atoms with E-state index in [4.69, 9.17) is 0 Å². The first-order chi connectivity index (χ1) is 11.9. The van der Waals surface area contributed by atoms with Crippen molar-refractivity contribution in [1.29, 1.82) is 0 Å². The lowest BCUT2D eigenvalue weighted by atomic mass is 9.92. The lowest BCUT2D eigenvalue weighted by Gasteiger charge is -2.35. The zero-order valence-corrected chi connectivity index (χ0v) is 14.9. The van der Waals surface area contributed by atoms with Crippen LogP contribution in [0, 0.1) is 5.92 Å². The van der Waals surface area contributed by atoms with Gasteiger partial charge in [0.2, 0.25) is 5.91 Å². The van der Waals surface area contributed by atoms with E-state index in [0.717, 1.165) is 19.3 Å². The maximum atomic E-state index is 13.2. The van der Waals surface area contributed by atoms with Gasteiger partial charge in [0, 0.05) is 13.1 Å². The fourth-order valence-electron chi connectivity index (χ4n) is 4.14. The van der Waals surface area contributed by atoms with E-state index in [2.05, 4.69) is 0 Å². The van der Waals surface area contributed by atoms with Crippen LogP contribution in [0.1, 0.15) is 38.5 Å². The first-order valence-electron chi connectivity index (χ1n) is 8.73. The molecule has 0 radical (unpaired) electrons. The standard InChI is InChI=1S/C18H23NO5S/c20-16(19-12-5-2-6-13-19)15-10-7-11-18(15,17(21)22)25(23,24)14-8-3-1-4-9-14/h1,3-4,8-9,15H,2,5-7,10-13H2,(H,21,22)/t15-,18-/m1/s1. The quantitative estimate of drug-likeness (QED) is 0.882. The molecule has 136 valence electrons. The van der Waals surface area contributed by atoms with Crippen LogP contribution in [0.2, 0.25) is 0 Å². The number of benzene rings is 1. The van der Waals surface area contributed by atoms with Crippen molar-refractivity contribution in [1.82, 2.24) is 4.90 Å². The second-order valence-electron chi connectivity index (χ2n) is 6.84. The number of likely N-dealkylation sites (tertiary alicyclic amines) is 1. The minimum Gasteiger partial charge on any atom is -0.480 e. The van der Waals surface area contributed by atoms with Gasteiger partial charge in [-0.25, -0.2) is 8.42 Å². The number of hydrogen-bond acceptors (Lipinski definition) is 4. The monoisotopic (exact) mass is 365 g/mol. The molecule has 3 rings (SSSR count). The Bertz CT molecular complexity index is 755. The van der Waals surface area contributed by atoms with Crippen molar-refractivity contribution < 1.29 is 23.1 Å². The van der Waals surface area contributed by atoms with E-state index in [1.54, 1.807) is 23.1 Å². The van der Waals surface area contributed by atoms with Crippen LogP contribution in [0.4, 0.5) is 0 Å². The molecular formula is C18H23NO5S. The van der Waals surface area contributed by atoms with Crippen LogP contribution in [0.15, 0.2) is 35.2 Å². The molecule has 1 aliphatic carbocycles. The van der Waals surface area contributed by atoms with Gasteiger partial charge in [-0.05, 0) is 44.2 Å². The Balaban J connectivity index is 2.04. The van der Waals surface area contributed by atoms with Gasteiger partial charge in [-0.1, -0.05) is 24.6 Å². The molecule has 1 heterocycles. The molecular weight excluding hydrogens is 342 g/mol. The van der Waals surface area contributed by atoms with Crippen molar-refractivity contribution in [3.8, 4) is 0 Å². The lowest BCUT2D eigenvalue weighted by molar-refractivity contribution is -0.147. The van der Waals surface area contributed by atoms with E-state index in [1.807, 2.05) is 0 Å². The maximum absolute atomic E-state index is 13.2. The first-order valence-corrected chi connectivity index (χ1v) is 10.2. The molecule has 2 atom stereocenters. The predicted molar refractivity (Wildman–Crippen MR) is 91.8 cm³/mol. The van der Waals surface area contributed by atoms with Gasteiger partial charge in [0.25, 0.3) is 0 Å². The van der Waals surface area contributed by atoms with Crippen LogP contribution in [-0.4, -0.2) is 48.1 Å². The van der Waals surface area contributed by atoms with Gasteiger partial charge in [0.05, 0.1) is 10.8 Å². The summed E-state index contributed by atoms with van der Waals surface area (Å²) in [5.74, 6) is -2.75. The van der Waals surface area contributed by atoms with E-state index < -0.39 is 26.5 Å². The molecule has 2 aliphatic rings. The van der Waals surface area contributed by atoms with E-state index >= 15 is 0 Å². The van der Waals surface area contributed by atoms with Crippen LogP contribution in [-0.2, 0) is 19.4 Å². The van der Waals surface area contributed by atoms with Crippen LogP contribution in [0.3, 0.4) is 0 Å². The van der Waals surface area contributed by atoms with Gasteiger partial charge in [0.1, 0.15) is 0 Å². The molecule has 0 unspecified atom stereocenters. The van der Waals surface area contributed by atoms with Crippen molar-refractivity contribution in [3.63, 3.8) is 0 Å². The smallest absolute Gasteiger partial charge is 0.326 e. The van der Waals surface area contributed by atoms with Crippen molar-refractivity contribution in [3.05, 3.63) is 30.3 Å². The van der Waals surface area contributed by atoms with Crippen molar-refractivity contribution in [2.45, 2.75) is 48.2 Å². The number of amides is 1. The number of aliphatic carboxylic acids is 1. The SMILES string of the molecule is O=C([C@H]1CCC[C@@]1(C(=O)O)S(=O)(=O)c1ccccc1)N1CCCCC1. The largest absolute Gasteiger partial charge is 0.480 e. The Morgan fingerprint density at radius 3 is 2.28 bits per heavy atom. The van der Waals surface area contributed by atoms with Gasteiger partial charge in [-0.2, -0.15) is 0 Å². The summed E-state index contributed by atoms with van der Waals surface area (Å²) in [7, 11) is -4.18. The molecule has 0 aromatic heterocycles. The third-order valence-electron chi connectivity index (χ3n) is 5.46. The molecule has 1 saturated carbocycles. The highest BCUT2D eigenvalue weighted by atomic mass is 32.2. The van der Waals surface area contributed by atoms with Gasteiger partial charge in [-0.15, -0.1) is 0 Å². The summed E-state index contributed by atoms with van der Waals surface area (Å²) in [6, 6.07) is 7.62. The highest BCUT2D eigenvalue weighted by Gasteiger charge is 2.62. The Hall–Kier alpha value is -1.89. The molecule has 1 aromatic carbocycles. The average Bonchev–Trinajstić information content (AvgIpc) is 3.09. The van der Waals surface area contributed by atoms with E-state index in [1.165, 1.54) is 12.1 Å². The molecule has 6 nitrogen and oxygen atoms in total. The second-order valence-corrected chi connectivity index (χ2v) is 9.05. The van der Waals surface area contributed by atoms with Crippen LogP contribution < -0.4 is 0 Å². The summed E-state index contributed by atoms with van der Waals surface area (Å²) in [4.78, 5) is 26.8. The number of nitrogens with zero attached hydrogens (tertiary/aromatic N) is 1. The molecule has 1 amide bonds. The third-order valence-corrected chi connectivity index (χ3v) is 7.98. The third kappa shape index (κ3) is 2.84. The Labute approximate surface area is 147 Å². The lowest BCUT2D eigenvalue weighted by Crippen LogP contribution is -2.55. The number of carboxylic acid groups (broad SMARTS) is 1. The first kappa shape index (κ1) is 17.9. The van der Waals surface area contributed by atoms with Gasteiger partial charge < -0.3 is 10.0 Å². The van der Waals surface area contributed by atoms with Crippen LogP contribution in [0.5, 0.6) is 0 Å². The summed E-state index contributed by atoms with van der Waals surface area (Å²) in [6.45, 7) is 1.16. The highest BCUT2D eigenvalue weighted by Crippen LogP contribution is 2.46. The Morgan fingerprint density at radius 2 is 1.68 bits per heavy atom. The average molecular weight is 365 g/mol. The number of carbonyl (C=O) groups is 2. The van der Waals surface area contributed by atoms with E-state index in [-0.39, 0.29) is 17.2 Å². The molecule has 0 spiro atoms. The second kappa shape index (κ2) is 6.78. The Morgan fingerprint density at radius 1 is 1.04 bits per heavy atom. The number of hydrogen-bond donors (Lipinski definition) is 1. The summed E-state index contributed by atoms with van der Waals surface area (Å²) >= 11 is 0. The predicted octanol–water partition coefficient (Wildman–Crippen LogP) is 2.10. The van der Waals surface area contributed by atoms with Crippen LogP contribution >= 0.6 is 0 Å². The fourth-order valence-corrected chi connectivity index (χ4v) is 6.31. The zero-order chi connectivity index (χ0) is 18.1. The normalized spacial score (nSPS) is 27.2. The molecule has 25 heavy (non-hydrogen) atoms. The topological polar surface area (TPSA) is 91.7 Å². The van der Waals surface area contributed by atoms with Crippen molar-refractivity contribution in [2.24, 2.45) is 5.92 Å². The number of piperidine rings is 1. The summed E-state index contributed by atoms with van der Waals surface area (Å²) < 4.78 is 24.4. The van der Waals surface area contributed by atoms with Gasteiger partial charge in [-0.3, -0.25) is 9.59 Å². The molecule has 0 bridgehead atoms. The van der Waals surface area contributed by atoms with Crippen LogP contribution in [0.25, 0.3) is 0 Å². The Kier molecular flexibility index (Phi) is 4.86. The maximum Gasteiger partial charge on any atom is 0.326 e. The highest BCUT2D eigenvalue weighted by molar-refractivity contribution is 7.93. The van der Waals surface area contributed by atoms with Gasteiger partial charge >= 0.3 is 5.97 Å². The van der Waals surface area contributed by atoms with Gasteiger partial charge in [0.15, 0.2) is 14.6 Å². The molecule has 1 saturated heterocycles. The van der Waals surface area contributed by atoms with Crippen molar-refractivity contribution in [2.75, 3.05) is 13.1 Å². The summed E-state index contributed by atoms with van der Waals surface area (Å²) in [5.41, 5.74) is 0. The molecule has 1 N–H and O–H groups in total. The van der Waals surface area contributed by atoms with E-state index in [9.17, 15) is 23.1 Å².